The van der Waals surface area contributed by atoms with E-state index in [1.165, 1.54) is 6.42 Å². The zero-order valence-corrected chi connectivity index (χ0v) is 12.6. The summed E-state index contributed by atoms with van der Waals surface area (Å²) in [5.41, 5.74) is 6.17. The molecule has 2 aromatic rings. The first-order valence-corrected chi connectivity index (χ1v) is 7.43. The first kappa shape index (κ1) is 14.5. The highest BCUT2D eigenvalue weighted by molar-refractivity contribution is 6.33. The van der Waals surface area contributed by atoms with Gasteiger partial charge in [-0.05, 0) is 38.3 Å². The van der Waals surface area contributed by atoms with E-state index in [-0.39, 0.29) is 0 Å². The molecular formula is C15H18ClN3O2. The lowest BCUT2D eigenvalue weighted by molar-refractivity contribution is -0.0222. The quantitative estimate of drug-likeness (QED) is 0.918. The van der Waals surface area contributed by atoms with Crippen LogP contribution in [0.15, 0.2) is 28.8 Å². The van der Waals surface area contributed by atoms with Gasteiger partial charge in [-0.15, -0.1) is 0 Å². The largest absolute Gasteiger partial charge is 0.376 e. The van der Waals surface area contributed by atoms with Crippen molar-refractivity contribution in [3.8, 4) is 11.5 Å². The lowest BCUT2D eigenvalue weighted by Crippen LogP contribution is -2.41. The van der Waals surface area contributed by atoms with Crippen molar-refractivity contribution in [1.29, 1.82) is 0 Å². The van der Waals surface area contributed by atoms with Gasteiger partial charge in [-0.1, -0.05) is 28.9 Å². The summed E-state index contributed by atoms with van der Waals surface area (Å²) in [4.78, 5) is 4.37. The minimum absolute atomic E-state index is 0.322. The highest BCUT2D eigenvalue weighted by Crippen LogP contribution is 2.28. The fourth-order valence-electron chi connectivity index (χ4n) is 2.09. The van der Waals surface area contributed by atoms with E-state index < -0.39 is 5.54 Å². The van der Waals surface area contributed by atoms with E-state index in [1.54, 1.807) is 6.07 Å². The summed E-state index contributed by atoms with van der Waals surface area (Å²) in [7, 11) is 0. The number of rotatable bonds is 5. The maximum absolute atomic E-state index is 6.25. The molecule has 5 nitrogen and oxygen atoms in total. The van der Waals surface area contributed by atoms with Crippen molar-refractivity contribution in [1.82, 2.24) is 10.1 Å². The Morgan fingerprint density at radius 2 is 2.19 bits per heavy atom. The van der Waals surface area contributed by atoms with E-state index in [4.69, 9.17) is 26.6 Å². The van der Waals surface area contributed by atoms with Crippen LogP contribution >= 0.6 is 11.6 Å². The van der Waals surface area contributed by atoms with E-state index in [9.17, 15) is 0 Å². The number of hydrogen-bond donors (Lipinski definition) is 1. The van der Waals surface area contributed by atoms with Crippen LogP contribution in [-0.2, 0) is 10.3 Å². The normalized spacial score (nSPS) is 18.2. The first-order valence-electron chi connectivity index (χ1n) is 7.06. The molecule has 0 amide bonds. The Morgan fingerprint density at radius 1 is 1.43 bits per heavy atom. The number of nitrogens with zero attached hydrogens (tertiary/aromatic N) is 2. The van der Waals surface area contributed by atoms with E-state index in [0.29, 0.717) is 35.0 Å². The standard InChI is InChI=1S/C15H18ClN3O2/c1-15(17,9-20-10-5-4-6-10)14-18-13(21-19-14)11-7-2-3-8-12(11)16/h2-3,7-8,10H,4-6,9,17H2,1H3. The Kier molecular flexibility index (Phi) is 3.97. The number of aromatic nitrogens is 2. The summed E-state index contributed by atoms with van der Waals surface area (Å²) >= 11 is 6.13. The molecule has 1 saturated carbocycles. The molecule has 1 unspecified atom stereocenters. The van der Waals surface area contributed by atoms with E-state index >= 15 is 0 Å². The van der Waals surface area contributed by atoms with Crippen LogP contribution in [0.2, 0.25) is 5.02 Å². The van der Waals surface area contributed by atoms with E-state index in [2.05, 4.69) is 10.1 Å². The SMILES string of the molecule is CC(N)(COC1CCC1)c1noc(-c2ccccc2Cl)n1. The summed E-state index contributed by atoms with van der Waals surface area (Å²) in [5.74, 6) is 0.799. The van der Waals surface area contributed by atoms with E-state index in [1.807, 2.05) is 25.1 Å². The average Bonchev–Trinajstić information content (AvgIpc) is 2.87. The molecule has 0 saturated heterocycles. The monoisotopic (exact) mass is 307 g/mol. The average molecular weight is 308 g/mol. The lowest BCUT2D eigenvalue weighted by Gasteiger charge is -2.29. The predicted octanol–water partition coefficient (Wildman–Crippen LogP) is 3.13. The second-order valence-corrected chi connectivity index (χ2v) is 6.09. The Bertz CT molecular complexity index is 623. The van der Waals surface area contributed by atoms with Gasteiger partial charge in [-0.2, -0.15) is 4.98 Å². The molecule has 1 aromatic carbocycles. The van der Waals surface area contributed by atoms with Gasteiger partial charge >= 0.3 is 0 Å². The molecule has 0 bridgehead atoms. The molecular weight excluding hydrogens is 290 g/mol. The van der Waals surface area contributed by atoms with Crippen LogP contribution < -0.4 is 5.73 Å². The molecule has 6 heteroatoms. The topological polar surface area (TPSA) is 74.2 Å². The number of nitrogens with two attached hydrogens (primary N) is 1. The van der Waals surface area contributed by atoms with Crippen LogP contribution in [0.1, 0.15) is 32.0 Å². The Labute approximate surface area is 128 Å². The summed E-state index contributed by atoms with van der Waals surface area (Å²) < 4.78 is 11.0. The predicted molar refractivity (Wildman–Crippen MR) is 79.9 cm³/mol. The molecule has 1 fully saturated rings. The van der Waals surface area contributed by atoms with E-state index in [0.717, 1.165) is 12.8 Å². The van der Waals surface area contributed by atoms with Gasteiger partial charge in [0.1, 0.15) is 5.54 Å². The number of hydrogen-bond acceptors (Lipinski definition) is 5. The summed E-state index contributed by atoms with van der Waals surface area (Å²) in [6, 6.07) is 7.33. The van der Waals surface area contributed by atoms with Crippen LogP contribution in [-0.4, -0.2) is 22.9 Å². The third kappa shape index (κ3) is 3.10. The molecule has 0 spiro atoms. The van der Waals surface area contributed by atoms with Crippen molar-refractivity contribution in [3.05, 3.63) is 35.1 Å². The first-order chi connectivity index (χ1) is 10.1. The van der Waals surface area contributed by atoms with Crippen molar-refractivity contribution < 1.29 is 9.26 Å². The molecule has 0 aliphatic heterocycles. The third-order valence-corrected chi connectivity index (χ3v) is 4.04. The highest BCUT2D eigenvalue weighted by Gasteiger charge is 2.31. The molecule has 1 aliphatic carbocycles. The van der Waals surface area contributed by atoms with Crippen molar-refractivity contribution in [2.75, 3.05) is 6.61 Å². The van der Waals surface area contributed by atoms with Crippen molar-refractivity contribution in [3.63, 3.8) is 0 Å². The van der Waals surface area contributed by atoms with Gasteiger partial charge in [0.25, 0.3) is 5.89 Å². The third-order valence-electron chi connectivity index (χ3n) is 3.71. The molecule has 1 aliphatic rings. The molecule has 3 rings (SSSR count). The number of benzene rings is 1. The maximum atomic E-state index is 6.25. The lowest BCUT2D eigenvalue weighted by atomic mass is 9.95. The highest BCUT2D eigenvalue weighted by atomic mass is 35.5. The molecule has 1 heterocycles. The Balaban J connectivity index is 1.75. The van der Waals surface area contributed by atoms with Crippen LogP contribution in [0.5, 0.6) is 0 Å². The molecule has 0 radical (unpaired) electrons. The zero-order valence-electron chi connectivity index (χ0n) is 11.9. The Hall–Kier alpha value is -1.43. The fraction of sp³-hybridized carbons (Fsp3) is 0.467. The van der Waals surface area contributed by atoms with Crippen LogP contribution in [0.25, 0.3) is 11.5 Å². The molecule has 21 heavy (non-hydrogen) atoms. The maximum Gasteiger partial charge on any atom is 0.259 e. The van der Waals surface area contributed by atoms with Crippen molar-refractivity contribution in [2.24, 2.45) is 5.73 Å². The van der Waals surface area contributed by atoms with Gasteiger partial charge < -0.3 is 15.0 Å². The summed E-state index contributed by atoms with van der Waals surface area (Å²) in [6.07, 6.45) is 3.76. The molecule has 2 N–H and O–H groups in total. The number of halogens is 1. The van der Waals surface area contributed by atoms with Crippen LogP contribution in [0.4, 0.5) is 0 Å². The number of ether oxygens (including phenoxy) is 1. The van der Waals surface area contributed by atoms with Crippen molar-refractivity contribution in [2.45, 2.75) is 37.8 Å². The van der Waals surface area contributed by atoms with Gasteiger partial charge in [0.2, 0.25) is 0 Å². The summed E-state index contributed by atoms with van der Waals surface area (Å²) in [5, 5.41) is 4.54. The minimum Gasteiger partial charge on any atom is -0.376 e. The molecule has 1 aromatic heterocycles. The van der Waals surface area contributed by atoms with Gasteiger partial charge in [0.15, 0.2) is 5.82 Å². The summed E-state index contributed by atoms with van der Waals surface area (Å²) in [6.45, 7) is 2.21. The molecule has 112 valence electrons. The van der Waals surface area contributed by atoms with Gasteiger partial charge in [-0.3, -0.25) is 0 Å². The minimum atomic E-state index is -0.779. The van der Waals surface area contributed by atoms with Gasteiger partial charge in [-0.25, -0.2) is 0 Å². The van der Waals surface area contributed by atoms with Gasteiger partial charge in [0.05, 0.1) is 23.3 Å². The van der Waals surface area contributed by atoms with Gasteiger partial charge in [0, 0.05) is 0 Å². The van der Waals surface area contributed by atoms with Crippen LogP contribution in [0, 0.1) is 0 Å². The second-order valence-electron chi connectivity index (χ2n) is 5.68. The smallest absolute Gasteiger partial charge is 0.259 e. The second kappa shape index (κ2) is 5.75. The fourth-order valence-corrected chi connectivity index (χ4v) is 2.31. The van der Waals surface area contributed by atoms with Crippen molar-refractivity contribution >= 4 is 11.6 Å². The Morgan fingerprint density at radius 3 is 2.86 bits per heavy atom. The zero-order chi connectivity index (χ0) is 14.9. The molecule has 1 atom stereocenters. The van der Waals surface area contributed by atoms with Crippen LogP contribution in [0.3, 0.4) is 0 Å².